The molecular formula is C20H25N3O3S2. The predicted octanol–water partition coefficient (Wildman–Crippen LogP) is 3.77. The Morgan fingerprint density at radius 3 is 2.71 bits per heavy atom. The van der Waals surface area contributed by atoms with Gasteiger partial charge in [0.05, 0.1) is 10.3 Å². The smallest absolute Gasteiger partial charge is 0.415 e. The van der Waals surface area contributed by atoms with E-state index in [1.807, 2.05) is 7.05 Å². The first-order chi connectivity index (χ1) is 13.5. The van der Waals surface area contributed by atoms with Crippen molar-refractivity contribution in [2.75, 3.05) is 13.6 Å². The second-order valence-corrected chi connectivity index (χ2v) is 9.33. The van der Waals surface area contributed by atoms with Crippen LogP contribution >= 0.6 is 23.1 Å². The number of carbonyl (C=O) groups is 2. The molecule has 1 aliphatic rings. The van der Waals surface area contributed by atoms with Gasteiger partial charge < -0.3 is 15.7 Å². The van der Waals surface area contributed by atoms with E-state index in [0.717, 1.165) is 24.4 Å². The molecule has 0 saturated carbocycles. The molecule has 2 aromatic rings. The van der Waals surface area contributed by atoms with Crippen LogP contribution in [-0.4, -0.2) is 46.2 Å². The van der Waals surface area contributed by atoms with Gasteiger partial charge in [-0.05, 0) is 43.0 Å². The summed E-state index contributed by atoms with van der Waals surface area (Å²) in [5, 5.41) is 17.8. The van der Waals surface area contributed by atoms with Crippen molar-refractivity contribution >= 4 is 35.1 Å². The molecular weight excluding hydrogens is 394 g/mol. The monoisotopic (exact) mass is 419 g/mol. The predicted molar refractivity (Wildman–Crippen MR) is 114 cm³/mol. The number of benzene rings is 1. The Balaban J connectivity index is 1.60. The van der Waals surface area contributed by atoms with Crippen LogP contribution in [-0.2, 0) is 6.54 Å². The van der Waals surface area contributed by atoms with Crippen LogP contribution < -0.4 is 10.6 Å². The van der Waals surface area contributed by atoms with E-state index in [1.54, 1.807) is 24.4 Å². The summed E-state index contributed by atoms with van der Waals surface area (Å²) < 4.78 is 0. The SMILES string of the molecule is CNCc1ccc([C@@H]2C[C@H](S[C@@H](C)N(C(=O)O)C(=O)c3cccs3)CN2)cc1. The molecule has 1 saturated heterocycles. The van der Waals surface area contributed by atoms with Crippen LogP contribution in [0.2, 0.25) is 0 Å². The molecule has 1 aliphatic heterocycles. The average Bonchev–Trinajstić information content (AvgIpc) is 3.34. The van der Waals surface area contributed by atoms with E-state index in [2.05, 4.69) is 34.9 Å². The Kier molecular flexibility index (Phi) is 7.12. The first kappa shape index (κ1) is 20.9. The minimum Gasteiger partial charge on any atom is -0.465 e. The number of thioether (sulfide) groups is 1. The van der Waals surface area contributed by atoms with Gasteiger partial charge in [-0.1, -0.05) is 30.3 Å². The number of nitrogens with zero attached hydrogens (tertiary/aromatic N) is 1. The van der Waals surface area contributed by atoms with E-state index in [1.165, 1.54) is 34.2 Å². The minimum absolute atomic E-state index is 0.245. The van der Waals surface area contributed by atoms with Gasteiger partial charge in [0, 0.05) is 24.4 Å². The lowest BCUT2D eigenvalue weighted by molar-refractivity contribution is 0.0737. The maximum atomic E-state index is 12.6. The normalized spacial score (nSPS) is 20.1. The molecule has 0 aliphatic carbocycles. The first-order valence-electron chi connectivity index (χ1n) is 9.22. The minimum atomic E-state index is -1.21. The number of hydrogen-bond acceptors (Lipinski definition) is 6. The standard InChI is InChI=1S/C20H25N3O3S2/c1-13(23(20(25)26)19(24)18-4-3-9-27-18)28-16-10-17(22-12-16)15-7-5-14(6-8-15)11-21-2/h3-9,13,16-17,21-22H,10-12H2,1-2H3,(H,25,26)/t13-,16-,17-/m0/s1. The summed E-state index contributed by atoms with van der Waals surface area (Å²) in [6, 6.07) is 12.2. The number of hydrogen-bond donors (Lipinski definition) is 3. The van der Waals surface area contributed by atoms with Gasteiger partial charge in [0.25, 0.3) is 5.91 Å². The summed E-state index contributed by atoms with van der Waals surface area (Å²) in [4.78, 5) is 25.6. The molecule has 1 fully saturated rings. The molecule has 8 heteroatoms. The Hall–Kier alpha value is -1.87. The van der Waals surface area contributed by atoms with Gasteiger partial charge in [-0.3, -0.25) is 4.79 Å². The van der Waals surface area contributed by atoms with Gasteiger partial charge in [0.2, 0.25) is 0 Å². The molecule has 2 amide bonds. The second kappa shape index (κ2) is 9.56. The zero-order chi connectivity index (χ0) is 20.1. The second-order valence-electron chi connectivity index (χ2n) is 6.76. The molecule has 3 rings (SSSR count). The summed E-state index contributed by atoms with van der Waals surface area (Å²) in [6.07, 6.45) is -0.304. The first-order valence-corrected chi connectivity index (χ1v) is 11.0. The highest BCUT2D eigenvalue weighted by atomic mass is 32.2. The Morgan fingerprint density at radius 1 is 1.36 bits per heavy atom. The lowest BCUT2D eigenvalue weighted by Gasteiger charge is -2.25. The lowest BCUT2D eigenvalue weighted by atomic mass is 10.0. The number of carboxylic acid groups (broad SMARTS) is 1. The number of thiophene rings is 1. The van der Waals surface area contributed by atoms with Crippen molar-refractivity contribution in [1.82, 2.24) is 15.5 Å². The Morgan fingerprint density at radius 2 is 2.11 bits per heavy atom. The molecule has 2 heterocycles. The van der Waals surface area contributed by atoms with Gasteiger partial charge in [-0.25, -0.2) is 9.69 Å². The van der Waals surface area contributed by atoms with Crippen molar-refractivity contribution in [3.8, 4) is 0 Å². The van der Waals surface area contributed by atoms with Crippen molar-refractivity contribution < 1.29 is 14.7 Å². The van der Waals surface area contributed by atoms with Crippen LogP contribution in [0.4, 0.5) is 4.79 Å². The molecule has 28 heavy (non-hydrogen) atoms. The molecule has 0 unspecified atom stereocenters. The van der Waals surface area contributed by atoms with Gasteiger partial charge in [-0.2, -0.15) is 0 Å². The summed E-state index contributed by atoms with van der Waals surface area (Å²) in [5.74, 6) is -0.454. The summed E-state index contributed by atoms with van der Waals surface area (Å²) in [6.45, 7) is 3.42. The number of nitrogens with one attached hydrogen (secondary N) is 2. The third-order valence-electron chi connectivity index (χ3n) is 4.76. The quantitative estimate of drug-likeness (QED) is 0.593. The molecule has 3 N–H and O–H groups in total. The van der Waals surface area contributed by atoms with Crippen LogP contribution in [0, 0.1) is 0 Å². The third-order valence-corrected chi connectivity index (χ3v) is 6.97. The molecule has 0 spiro atoms. The van der Waals surface area contributed by atoms with E-state index in [-0.39, 0.29) is 11.3 Å². The maximum Gasteiger partial charge on any atom is 0.415 e. The summed E-state index contributed by atoms with van der Waals surface area (Å²) in [5.41, 5.74) is 2.48. The van der Waals surface area contributed by atoms with Gasteiger partial charge >= 0.3 is 6.09 Å². The molecule has 150 valence electrons. The highest BCUT2D eigenvalue weighted by molar-refractivity contribution is 8.00. The zero-order valence-electron chi connectivity index (χ0n) is 15.9. The van der Waals surface area contributed by atoms with Crippen LogP contribution in [0.15, 0.2) is 41.8 Å². The summed E-state index contributed by atoms with van der Waals surface area (Å²) >= 11 is 2.79. The van der Waals surface area contributed by atoms with E-state index in [0.29, 0.717) is 4.88 Å². The molecule has 1 aromatic carbocycles. The van der Waals surface area contributed by atoms with Gasteiger partial charge in [-0.15, -0.1) is 23.1 Å². The van der Waals surface area contributed by atoms with Crippen molar-refractivity contribution in [1.29, 1.82) is 0 Å². The van der Waals surface area contributed by atoms with E-state index < -0.39 is 17.4 Å². The molecule has 6 nitrogen and oxygen atoms in total. The molecule has 3 atom stereocenters. The topological polar surface area (TPSA) is 81.7 Å². The fourth-order valence-corrected chi connectivity index (χ4v) is 5.42. The van der Waals surface area contributed by atoms with E-state index >= 15 is 0 Å². The highest BCUT2D eigenvalue weighted by Gasteiger charge is 2.33. The number of amides is 2. The number of imide groups is 1. The van der Waals surface area contributed by atoms with E-state index in [9.17, 15) is 14.7 Å². The lowest BCUT2D eigenvalue weighted by Crippen LogP contribution is -2.41. The molecule has 0 radical (unpaired) electrons. The Labute approximate surface area is 173 Å². The van der Waals surface area contributed by atoms with Crippen LogP contribution in [0.25, 0.3) is 0 Å². The van der Waals surface area contributed by atoms with Gasteiger partial charge in [0.15, 0.2) is 0 Å². The van der Waals surface area contributed by atoms with Crippen LogP contribution in [0.3, 0.4) is 0 Å². The Bertz CT molecular complexity index is 796. The third kappa shape index (κ3) is 4.94. The van der Waals surface area contributed by atoms with Crippen molar-refractivity contribution in [3.05, 3.63) is 57.8 Å². The number of rotatable bonds is 7. The average molecular weight is 420 g/mol. The van der Waals surface area contributed by atoms with Crippen molar-refractivity contribution in [2.45, 2.75) is 36.6 Å². The fraction of sp³-hybridized carbons (Fsp3) is 0.400. The number of carbonyl (C=O) groups excluding carboxylic acids is 1. The zero-order valence-corrected chi connectivity index (χ0v) is 17.6. The van der Waals surface area contributed by atoms with Crippen molar-refractivity contribution in [2.24, 2.45) is 0 Å². The van der Waals surface area contributed by atoms with Crippen molar-refractivity contribution in [3.63, 3.8) is 0 Å². The van der Waals surface area contributed by atoms with Crippen LogP contribution in [0.1, 0.15) is 40.2 Å². The maximum absolute atomic E-state index is 12.6. The van der Waals surface area contributed by atoms with Gasteiger partial charge in [0.1, 0.15) is 0 Å². The highest BCUT2D eigenvalue weighted by Crippen LogP contribution is 2.34. The van der Waals surface area contributed by atoms with E-state index in [4.69, 9.17) is 0 Å². The molecule has 1 aromatic heterocycles. The molecule has 0 bridgehead atoms. The largest absolute Gasteiger partial charge is 0.465 e. The van der Waals surface area contributed by atoms with Crippen LogP contribution in [0.5, 0.6) is 0 Å². The fourth-order valence-electron chi connectivity index (χ4n) is 3.40. The summed E-state index contributed by atoms with van der Waals surface area (Å²) in [7, 11) is 1.93.